The molecule has 0 unspecified atom stereocenters. The average molecular weight is 507 g/mol. The van der Waals surface area contributed by atoms with Gasteiger partial charge < -0.3 is 14.2 Å². The van der Waals surface area contributed by atoms with Crippen molar-refractivity contribution >= 4 is 5.97 Å². The maximum atomic E-state index is 13.0. The molecule has 4 heteroatoms. The van der Waals surface area contributed by atoms with Gasteiger partial charge in [0.1, 0.15) is 29.4 Å². The predicted molar refractivity (Wildman–Crippen MR) is 152 cm³/mol. The summed E-state index contributed by atoms with van der Waals surface area (Å²) in [7, 11) is 0. The Labute approximate surface area is 224 Å². The van der Waals surface area contributed by atoms with E-state index in [-0.39, 0.29) is 0 Å². The number of rotatable bonds is 16. The molecule has 37 heavy (non-hydrogen) atoms. The van der Waals surface area contributed by atoms with E-state index < -0.39 is 5.97 Å². The molecular formula is C33H46O4. The molecule has 4 nitrogen and oxygen atoms in total. The van der Waals surface area contributed by atoms with Crippen molar-refractivity contribution in [3.8, 4) is 17.2 Å². The van der Waals surface area contributed by atoms with Crippen molar-refractivity contribution in [2.75, 3.05) is 13.2 Å². The van der Waals surface area contributed by atoms with E-state index in [1.165, 1.54) is 76.2 Å². The third kappa shape index (κ3) is 9.57. The number of hydrogen-bond acceptors (Lipinski definition) is 4. The van der Waals surface area contributed by atoms with Crippen LogP contribution < -0.4 is 14.2 Å². The minimum Gasteiger partial charge on any atom is -0.493 e. The van der Waals surface area contributed by atoms with Crippen LogP contribution in [0.2, 0.25) is 0 Å². The van der Waals surface area contributed by atoms with Gasteiger partial charge >= 0.3 is 5.97 Å². The maximum Gasteiger partial charge on any atom is 0.347 e. The molecule has 2 aromatic carbocycles. The number of benzene rings is 2. The van der Waals surface area contributed by atoms with E-state index >= 15 is 0 Å². The summed E-state index contributed by atoms with van der Waals surface area (Å²) < 4.78 is 17.4. The van der Waals surface area contributed by atoms with Crippen LogP contribution in [0.25, 0.3) is 0 Å². The van der Waals surface area contributed by atoms with Gasteiger partial charge in [-0.25, -0.2) is 4.79 Å². The van der Waals surface area contributed by atoms with Crippen LogP contribution in [0, 0.1) is 5.92 Å². The molecule has 1 aliphatic carbocycles. The Hall–Kier alpha value is -2.75. The molecule has 0 amide bonds. The molecule has 0 radical (unpaired) electrons. The summed E-state index contributed by atoms with van der Waals surface area (Å²) in [6.07, 6.45) is 16.7. The Kier molecular flexibility index (Phi) is 12.6. The van der Waals surface area contributed by atoms with Crippen LogP contribution in [0.4, 0.5) is 0 Å². The van der Waals surface area contributed by atoms with E-state index in [2.05, 4.69) is 32.6 Å². The summed E-state index contributed by atoms with van der Waals surface area (Å²) in [6, 6.07) is 13.4. The molecule has 0 aliphatic heterocycles. The number of ether oxygens (including phenoxy) is 3. The van der Waals surface area contributed by atoms with E-state index in [1.807, 2.05) is 18.2 Å². The van der Waals surface area contributed by atoms with Gasteiger partial charge in [-0.2, -0.15) is 0 Å². The smallest absolute Gasteiger partial charge is 0.347 e. The minimum atomic E-state index is -0.436. The van der Waals surface area contributed by atoms with Gasteiger partial charge in [-0.3, -0.25) is 0 Å². The lowest BCUT2D eigenvalue weighted by Crippen LogP contribution is -2.13. The van der Waals surface area contributed by atoms with Gasteiger partial charge in [-0.05, 0) is 73.8 Å². The molecule has 0 atom stereocenters. The maximum absolute atomic E-state index is 13.0. The van der Waals surface area contributed by atoms with Gasteiger partial charge in [-0.15, -0.1) is 0 Å². The minimum absolute atomic E-state index is 0.302. The molecule has 1 fully saturated rings. The lowest BCUT2D eigenvalue weighted by Gasteiger charge is -2.28. The molecule has 2 aromatic rings. The van der Waals surface area contributed by atoms with E-state index in [1.54, 1.807) is 18.2 Å². The van der Waals surface area contributed by atoms with Crippen molar-refractivity contribution in [2.45, 2.75) is 96.8 Å². The molecule has 0 bridgehead atoms. The molecular weight excluding hydrogens is 460 g/mol. The summed E-state index contributed by atoms with van der Waals surface area (Å²) >= 11 is 0. The fraction of sp³-hybridized carbons (Fsp3) is 0.545. The highest BCUT2D eigenvalue weighted by Gasteiger charge is 2.22. The topological polar surface area (TPSA) is 44.8 Å². The van der Waals surface area contributed by atoms with Crippen molar-refractivity contribution < 1.29 is 19.0 Å². The Balaban J connectivity index is 1.55. The molecule has 0 N–H and O–H groups in total. The van der Waals surface area contributed by atoms with Crippen LogP contribution in [0.1, 0.15) is 113 Å². The normalized spacial score (nSPS) is 17.2. The lowest BCUT2D eigenvalue weighted by atomic mass is 9.77. The SMILES string of the molecule is C=CCOc1cc(OCCCCCCCC)ccc1C(=O)Oc1ccc(C2CCC(CCC)CC2)cc1. The van der Waals surface area contributed by atoms with Crippen molar-refractivity contribution in [1.82, 2.24) is 0 Å². The number of unbranched alkanes of at least 4 members (excludes halogenated alkanes) is 5. The first-order valence-corrected chi connectivity index (χ1v) is 14.5. The first kappa shape index (κ1) is 28.8. The number of carbonyl (C=O) groups is 1. The van der Waals surface area contributed by atoms with E-state index in [0.29, 0.717) is 41.9 Å². The second kappa shape index (κ2) is 16.2. The third-order valence-electron chi connectivity index (χ3n) is 7.40. The van der Waals surface area contributed by atoms with Crippen LogP contribution in [-0.2, 0) is 0 Å². The van der Waals surface area contributed by atoms with E-state index in [9.17, 15) is 4.79 Å². The molecule has 3 rings (SSSR count). The Bertz CT molecular complexity index is 941. The monoisotopic (exact) mass is 506 g/mol. The molecule has 1 aliphatic rings. The summed E-state index contributed by atoms with van der Waals surface area (Å²) in [4.78, 5) is 13.0. The van der Waals surface area contributed by atoms with Gasteiger partial charge in [0.25, 0.3) is 0 Å². The van der Waals surface area contributed by atoms with Crippen LogP contribution in [0.15, 0.2) is 55.1 Å². The van der Waals surface area contributed by atoms with Crippen molar-refractivity contribution in [3.63, 3.8) is 0 Å². The van der Waals surface area contributed by atoms with Crippen LogP contribution >= 0.6 is 0 Å². The zero-order valence-corrected chi connectivity index (χ0v) is 23.0. The van der Waals surface area contributed by atoms with Crippen molar-refractivity contribution in [1.29, 1.82) is 0 Å². The molecule has 0 heterocycles. The van der Waals surface area contributed by atoms with Crippen molar-refractivity contribution in [3.05, 3.63) is 66.2 Å². The number of hydrogen-bond donors (Lipinski definition) is 0. The second-order valence-corrected chi connectivity index (χ2v) is 10.3. The highest BCUT2D eigenvalue weighted by Crippen LogP contribution is 2.38. The molecule has 202 valence electrons. The number of carbonyl (C=O) groups excluding carboxylic acids is 1. The second-order valence-electron chi connectivity index (χ2n) is 10.3. The summed E-state index contributed by atoms with van der Waals surface area (Å²) in [6.45, 7) is 9.18. The standard InChI is InChI=1S/C33H46O4/c1-4-7-8-9-10-11-24-35-30-21-22-31(32(25-30)36-23-6-3)33(34)37-29-19-17-28(18-20-29)27-15-13-26(12-5-2)14-16-27/h6,17-22,25-27H,3-5,7-16,23-24H2,1-2H3. The predicted octanol–water partition coefficient (Wildman–Crippen LogP) is 9.28. The fourth-order valence-electron chi connectivity index (χ4n) is 5.26. The Morgan fingerprint density at radius 2 is 1.57 bits per heavy atom. The summed E-state index contributed by atoms with van der Waals surface area (Å²) in [5.41, 5.74) is 1.73. The van der Waals surface area contributed by atoms with Crippen LogP contribution in [0.5, 0.6) is 17.2 Å². The first-order chi connectivity index (χ1) is 18.1. The summed E-state index contributed by atoms with van der Waals surface area (Å²) in [5, 5.41) is 0. The largest absolute Gasteiger partial charge is 0.493 e. The molecule has 1 saturated carbocycles. The first-order valence-electron chi connectivity index (χ1n) is 14.5. The van der Waals surface area contributed by atoms with Gasteiger partial charge in [0, 0.05) is 6.07 Å². The quantitative estimate of drug-likeness (QED) is 0.0984. The van der Waals surface area contributed by atoms with Crippen LogP contribution in [-0.4, -0.2) is 19.2 Å². The zero-order valence-electron chi connectivity index (χ0n) is 23.0. The van der Waals surface area contributed by atoms with E-state index in [4.69, 9.17) is 14.2 Å². The summed E-state index contributed by atoms with van der Waals surface area (Å²) in [5.74, 6) is 2.76. The highest BCUT2D eigenvalue weighted by molar-refractivity contribution is 5.94. The van der Waals surface area contributed by atoms with Crippen molar-refractivity contribution in [2.24, 2.45) is 5.92 Å². The molecule has 0 aromatic heterocycles. The van der Waals surface area contributed by atoms with E-state index in [0.717, 1.165) is 12.3 Å². The highest BCUT2D eigenvalue weighted by atomic mass is 16.5. The number of esters is 1. The van der Waals surface area contributed by atoms with Crippen LogP contribution in [0.3, 0.4) is 0 Å². The Morgan fingerprint density at radius 3 is 2.27 bits per heavy atom. The van der Waals surface area contributed by atoms with Gasteiger partial charge in [0.15, 0.2) is 0 Å². The third-order valence-corrected chi connectivity index (χ3v) is 7.40. The fourth-order valence-corrected chi connectivity index (χ4v) is 5.26. The molecule has 0 saturated heterocycles. The van der Waals surface area contributed by atoms with Gasteiger partial charge in [0.05, 0.1) is 6.61 Å². The average Bonchev–Trinajstić information content (AvgIpc) is 2.92. The zero-order chi connectivity index (χ0) is 26.3. The van der Waals surface area contributed by atoms with Gasteiger partial charge in [-0.1, -0.05) is 83.6 Å². The lowest BCUT2D eigenvalue weighted by molar-refractivity contribution is 0.0730. The molecule has 0 spiro atoms. The Morgan fingerprint density at radius 1 is 0.865 bits per heavy atom. The van der Waals surface area contributed by atoms with Gasteiger partial charge in [0.2, 0.25) is 0 Å².